The number of benzene rings is 2. The Kier molecular flexibility index (Phi) is 3.84. The van der Waals surface area contributed by atoms with Gasteiger partial charge >= 0.3 is 0 Å². The van der Waals surface area contributed by atoms with Crippen molar-refractivity contribution in [3.63, 3.8) is 0 Å². The summed E-state index contributed by atoms with van der Waals surface area (Å²) in [4.78, 5) is 11.8. The van der Waals surface area contributed by atoms with Gasteiger partial charge in [-0.2, -0.15) is 0 Å². The maximum absolute atomic E-state index is 11.8. The summed E-state index contributed by atoms with van der Waals surface area (Å²) in [6.45, 7) is 2.13. The van der Waals surface area contributed by atoms with Gasteiger partial charge in [0.05, 0.1) is 11.2 Å². The largest absolute Gasteiger partial charge is 0.380 e. The van der Waals surface area contributed by atoms with E-state index in [1.54, 1.807) is 0 Å². The minimum atomic E-state index is -0.563. The Morgan fingerprint density at radius 3 is 2.56 bits per heavy atom. The molecule has 1 aromatic heterocycles. The standard InChI is InChI=1S/C20H20N4O/c1-12(13-7-8-13)22-18-16-10-9-15(14-5-3-2-4-6-14)11-17(16)23-24-19(18)20(21)25/h2-6,9-13H,7-8H2,1H3,(H2,21,25)(H,22,23). The summed E-state index contributed by atoms with van der Waals surface area (Å²) in [5, 5.41) is 12.6. The number of amides is 1. The molecule has 25 heavy (non-hydrogen) atoms. The first-order valence-corrected chi connectivity index (χ1v) is 8.55. The van der Waals surface area contributed by atoms with Gasteiger partial charge in [0, 0.05) is 11.4 Å². The smallest absolute Gasteiger partial charge is 0.271 e. The third-order valence-electron chi connectivity index (χ3n) is 4.80. The Morgan fingerprint density at radius 2 is 1.88 bits per heavy atom. The van der Waals surface area contributed by atoms with Gasteiger partial charge in [-0.1, -0.05) is 36.4 Å². The number of nitrogens with zero attached hydrogens (tertiary/aromatic N) is 2. The van der Waals surface area contributed by atoms with Crippen LogP contribution in [0.15, 0.2) is 48.5 Å². The van der Waals surface area contributed by atoms with Gasteiger partial charge in [0.1, 0.15) is 0 Å². The highest BCUT2D eigenvalue weighted by molar-refractivity contribution is 6.05. The van der Waals surface area contributed by atoms with Gasteiger partial charge in [0.2, 0.25) is 0 Å². The van der Waals surface area contributed by atoms with Gasteiger partial charge < -0.3 is 11.1 Å². The van der Waals surface area contributed by atoms with Crippen molar-refractivity contribution in [2.45, 2.75) is 25.8 Å². The summed E-state index contributed by atoms with van der Waals surface area (Å²) in [6.07, 6.45) is 2.43. The molecule has 2 aromatic carbocycles. The van der Waals surface area contributed by atoms with Gasteiger partial charge in [-0.3, -0.25) is 4.79 Å². The summed E-state index contributed by atoms with van der Waals surface area (Å²) in [5.41, 5.74) is 9.33. The monoisotopic (exact) mass is 332 g/mol. The van der Waals surface area contributed by atoms with Crippen LogP contribution in [0.25, 0.3) is 22.0 Å². The number of rotatable bonds is 5. The minimum absolute atomic E-state index is 0.201. The second-order valence-corrected chi connectivity index (χ2v) is 6.66. The zero-order valence-electron chi connectivity index (χ0n) is 14.1. The molecule has 1 amide bonds. The highest BCUT2D eigenvalue weighted by Crippen LogP contribution is 2.36. The van der Waals surface area contributed by atoms with Crippen molar-refractivity contribution in [2.24, 2.45) is 11.7 Å². The molecule has 5 heteroatoms. The van der Waals surface area contributed by atoms with Crippen LogP contribution in [0.1, 0.15) is 30.3 Å². The summed E-state index contributed by atoms with van der Waals surface area (Å²) in [6, 6.07) is 16.4. The third-order valence-corrected chi connectivity index (χ3v) is 4.80. The van der Waals surface area contributed by atoms with Crippen molar-refractivity contribution in [1.29, 1.82) is 0 Å². The molecule has 126 valence electrons. The first-order valence-electron chi connectivity index (χ1n) is 8.55. The lowest BCUT2D eigenvalue weighted by atomic mass is 10.0. The van der Waals surface area contributed by atoms with Crippen molar-refractivity contribution in [3.05, 3.63) is 54.2 Å². The topological polar surface area (TPSA) is 80.9 Å². The predicted molar refractivity (Wildman–Crippen MR) is 99.3 cm³/mol. The number of nitrogens with one attached hydrogen (secondary N) is 1. The summed E-state index contributed by atoms with van der Waals surface area (Å²) < 4.78 is 0. The highest BCUT2D eigenvalue weighted by atomic mass is 16.1. The molecule has 1 heterocycles. The Bertz CT molecular complexity index is 935. The van der Waals surface area contributed by atoms with E-state index in [0.29, 0.717) is 11.6 Å². The molecule has 0 saturated heterocycles. The number of hydrogen-bond acceptors (Lipinski definition) is 4. The van der Waals surface area contributed by atoms with Crippen LogP contribution in [-0.2, 0) is 0 Å². The van der Waals surface area contributed by atoms with Crippen molar-refractivity contribution in [2.75, 3.05) is 5.32 Å². The van der Waals surface area contributed by atoms with Gasteiger partial charge in [0.25, 0.3) is 5.91 Å². The Labute approximate surface area is 146 Å². The van der Waals surface area contributed by atoms with Crippen molar-refractivity contribution in [1.82, 2.24) is 10.2 Å². The summed E-state index contributed by atoms with van der Waals surface area (Å²) in [7, 11) is 0. The molecule has 0 radical (unpaired) electrons. The fraction of sp³-hybridized carbons (Fsp3) is 0.250. The molecule has 0 aliphatic heterocycles. The zero-order chi connectivity index (χ0) is 17.4. The molecular formula is C20H20N4O. The predicted octanol–water partition coefficient (Wildman–Crippen LogP) is 3.61. The van der Waals surface area contributed by atoms with Crippen LogP contribution in [0.2, 0.25) is 0 Å². The Balaban J connectivity index is 1.82. The van der Waals surface area contributed by atoms with Crippen LogP contribution >= 0.6 is 0 Å². The van der Waals surface area contributed by atoms with Gasteiger partial charge in [-0.25, -0.2) is 0 Å². The Hall–Kier alpha value is -2.95. The van der Waals surface area contributed by atoms with E-state index >= 15 is 0 Å². The zero-order valence-corrected chi connectivity index (χ0v) is 14.1. The van der Waals surface area contributed by atoms with Crippen molar-refractivity contribution >= 4 is 22.5 Å². The van der Waals surface area contributed by atoms with Crippen molar-refractivity contribution < 1.29 is 4.79 Å². The number of hydrogen-bond donors (Lipinski definition) is 2. The number of aromatic nitrogens is 2. The van der Waals surface area contributed by atoms with Gasteiger partial charge in [0.15, 0.2) is 5.69 Å². The normalized spacial score (nSPS) is 15.1. The van der Waals surface area contributed by atoms with E-state index in [0.717, 1.165) is 22.0 Å². The SMILES string of the molecule is CC(Nc1c(C(N)=O)nnc2cc(-c3ccccc3)ccc12)C1CC1. The van der Waals surface area contributed by atoms with Crippen LogP contribution < -0.4 is 11.1 Å². The van der Waals surface area contributed by atoms with E-state index in [-0.39, 0.29) is 11.7 Å². The van der Waals surface area contributed by atoms with E-state index in [2.05, 4.69) is 34.6 Å². The lowest BCUT2D eigenvalue weighted by molar-refractivity contribution is 0.0995. The van der Waals surface area contributed by atoms with E-state index in [1.807, 2.05) is 36.4 Å². The first-order chi connectivity index (χ1) is 12.1. The number of primary amides is 1. The third kappa shape index (κ3) is 3.05. The molecule has 1 fully saturated rings. The second-order valence-electron chi connectivity index (χ2n) is 6.66. The first kappa shape index (κ1) is 15.6. The number of carbonyl (C=O) groups excluding carboxylic acids is 1. The van der Waals surface area contributed by atoms with E-state index in [4.69, 9.17) is 5.73 Å². The molecule has 1 atom stereocenters. The molecular weight excluding hydrogens is 312 g/mol. The van der Waals surface area contributed by atoms with Crippen LogP contribution in [-0.4, -0.2) is 22.1 Å². The number of fused-ring (bicyclic) bond motifs is 1. The molecule has 3 aromatic rings. The quantitative estimate of drug-likeness (QED) is 0.748. The van der Waals surface area contributed by atoms with Crippen LogP contribution in [0.4, 0.5) is 5.69 Å². The van der Waals surface area contributed by atoms with E-state index in [9.17, 15) is 4.79 Å². The maximum Gasteiger partial charge on any atom is 0.271 e. The lowest BCUT2D eigenvalue weighted by Gasteiger charge is -2.18. The molecule has 0 bridgehead atoms. The molecule has 5 nitrogen and oxygen atoms in total. The summed E-state index contributed by atoms with van der Waals surface area (Å²) in [5.74, 6) is 0.0829. The Morgan fingerprint density at radius 1 is 1.12 bits per heavy atom. The van der Waals surface area contributed by atoms with Gasteiger partial charge in [-0.05, 0) is 48.9 Å². The minimum Gasteiger partial charge on any atom is -0.380 e. The molecule has 1 saturated carbocycles. The average Bonchev–Trinajstić information content (AvgIpc) is 3.47. The second kappa shape index (κ2) is 6.16. The fourth-order valence-electron chi connectivity index (χ4n) is 3.18. The van der Waals surface area contributed by atoms with Crippen molar-refractivity contribution in [3.8, 4) is 11.1 Å². The maximum atomic E-state index is 11.8. The van der Waals surface area contributed by atoms with Crippen LogP contribution in [0, 0.1) is 5.92 Å². The number of carbonyl (C=O) groups is 1. The molecule has 1 aliphatic carbocycles. The van der Waals surface area contributed by atoms with Crippen LogP contribution in [0.5, 0.6) is 0 Å². The average molecular weight is 332 g/mol. The van der Waals surface area contributed by atoms with E-state index < -0.39 is 5.91 Å². The van der Waals surface area contributed by atoms with Gasteiger partial charge in [-0.15, -0.1) is 10.2 Å². The number of nitrogens with two attached hydrogens (primary N) is 1. The molecule has 1 unspecified atom stereocenters. The summed E-state index contributed by atoms with van der Waals surface area (Å²) >= 11 is 0. The lowest BCUT2D eigenvalue weighted by Crippen LogP contribution is -2.23. The van der Waals surface area contributed by atoms with E-state index in [1.165, 1.54) is 12.8 Å². The van der Waals surface area contributed by atoms with Crippen LogP contribution in [0.3, 0.4) is 0 Å². The molecule has 3 N–H and O–H groups in total. The molecule has 4 rings (SSSR count). The molecule has 1 aliphatic rings. The number of anilines is 1. The fourth-order valence-corrected chi connectivity index (χ4v) is 3.18. The molecule has 0 spiro atoms. The highest BCUT2D eigenvalue weighted by Gasteiger charge is 2.29.